The first kappa shape index (κ1) is 18.8. The van der Waals surface area contributed by atoms with Crippen LogP contribution in [0.3, 0.4) is 0 Å². The Morgan fingerprint density at radius 1 is 0.967 bits per heavy atom. The maximum absolute atomic E-state index is 13.1. The Kier molecular flexibility index (Phi) is 4.98. The van der Waals surface area contributed by atoms with E-state index in [1.807, 2.05) is 35.0 Å². The third kappa shape index (κ3) is 3.69. The number of fused-ring (bicyclic) bond motifs is 1. The van der Waals surface area contributed by atoms with Crippen LogP contribution in [0, 0.1) is 6.92 Å². The molecule has 3 heterocycles. The van der Waals surface area contributed by atoms with Gasteiger partial charge in [-0.05, 0) is 13.0 Å². The molecule has 0 saturated carbocycles. The summed E-state index contributed by atoms with van der Waals surface area (Å²) in [5.41, 5.74) is 3.98. The number of hydrogen-bond donors (Lipinski definition) is 0. The van der Waals surface area contributed by atoms with Crippen LogP contribution in [0.25, 0.3) is 22.0 Å². The molecule has 5 nitrogen and oxygen atoms in total. The van der Waals surface area contributed by atoms with E-state index in [-0.39, 0.29) is 5.56 Å². The van der Waals surface area contributed by atoms with Crippen LogP contribution in [-0.4, -0.2) is 19.7 Å². The molecule has 0 saturated heterocycles. The van der Waals surface area contributed by atoms with Gasteiger partial charge in [0.05, 0.1) is 28.3 Å². The minimum atomic E-state index is -0.0967. The zero-order chi connectivity index (χ0) is 20.5. The Bertz CT molecular complexity index is 1370. The van der Waals surface area contributed by atoms with Crippen LogP contribution in [0.4, 0.5) is 0 Å². The number of aryl methyl sites for hydroxylation is 1. The summed E-state index contributed by atoms with van der Waals surface area (Å²) in [5, 5.41) is 12.1. The highest BCUT2D eigenvalue weighted by Gasteiger charge is 2.14. The van der Waals surface area contributed by atoms with Crippen molar-refractivity contribution in [1.82, 2.24) is 19.7 Å². The molecule has 0 aliphatic heterocycles. The second-order valence-electron chi connectivity index (χ2n) is 7.05. The zero-order valence-corrected chi connectivity index (χ0v) is 17.9. The van der Waals surface area contributed by atoms with E-state index in [2.05, 4.69) is 36.2 Å². The average Bonchev–Trinajstić information content (AvgIpc) is 3.44. The van der Waals surface area contributed by atoms with Gasteiger partial charge in [0.25, 0.3) is 5.56 Å². The number of rotatable bonds is 5. The van der Waals surface area contributed by atoms with Gasteiger partial charge in [-0.1, -0.05) is 48.0 Å². The summed E-state index contributed by atoms with van der Waals surface area (Å²) in [6.07, 6.45) is 2.39. The summed E-state index contributed by atoms with van der Waals surface area (Å²) in [6.45, 7) is 2.42. The fourth-order valence-electron chi connectivity index (χ4n) is 3.40. The molecule has 7 heteroatoms. The molecule has 5 rings (SSSR count). The molecule has 148 valence electrons. The van der Waals surface area contributed by atoms with E-state index in [1.165, 1.54) is 10.2 Å². The van der Waals surface area contributed by atoms with Crippen molar-refractivity contribution in [3.8, 4) is 11.3 Å². The van der Waals surface area contributed by atoms with Crippen LogP contribution in [0.5, 0.6) is 0 Å². The molecule has 2 aromatic carbocycles. The molecule has 30 heavy (non-hydrogen) atoms. The van der Waals surface area contributed by atoms with Crippen LogP contribution >= 0.6 is 22.7 Å². The summed E-state index contributed by atoms with van der Waals surface area (Å²) in [4.78, 5) is 22.2. The predicted octanol–water partition coefficient (Wildman–Crippen LogP) is 4.92. The van der Waals surface area contributed by atoms with Gasteiger partial charge in [0.1, 0.15) is 5.01 Å². The molecule has 0 aliphatic rings. The molecule has 0 atom stereocenters. The molecule has 0 fully saturated rings. The third-order valence-electron chi connectivity index (χ3n) is 4.93. The lowest BCUT2D eigenvalue weighted by atomic mass is 10.1. The quantitative estimate of drug-likeness (QED) is 0.397. The van der Waals surface area contributed by atoms with Crippen LogP contribution in [0.15, 0.2) is 70.3 Å². The van der Waals surface area contributed by atoms with E-state index in [9.17, 15) is 4.79 Å². The van der Waals surface area contributed by atoms with Gasteiger partial charge in [0.2, 0.25) is 0 Å². The minimum Gasteiger partial charge on any atom is -0.267 e. The Morgan fingerprint density at radius 3 is 2.53 bits per heavy atom. The number of hydrogen-bond acceptors (Lipinski definition) is 6. The number of aromatic nitrogens is 4. The van der Waals surface area contributed by atoms with Crippen molar-refractivity contribution in [2.45, 2.75) is 19.9 Å². The molecular weight excluding hydrogens is 412 g/mol. The lowest BCUT2D eigenvalue weighted by Gasteiger charge is -2.09. The predicted molar refractivity (Wildman–Crippen MR) is 122 cm³/mol. The second-order valence-corrected chi connectivity index (χ2v) is 8.97. The van der Waals surface area contributed by atoms with Gasteiger partial charge >= 0.3 is 0 Å². The topological polar surface area (TPSA) is 60.7 Å². The largest absolute Gasteiger partial charge is 0.275 e. The maximum Gasteiger partial charge on any atom is 0.275 e. The highest BCUT2D eigenvalue weighted by Crippen LogP contribution is 2.23. The first-order chi connectivity index (χ1) is 14.7. The van der Waals surface area contributed by atoms with Crippen molar-refractivity contribution in [1.29, 1.82) is 0 Å². The number of benzene rings is 2. The highest BCUT2D eigenvalue weighted by molar-refractivity contribution is 7.10. The highest BCUT2D eigenvalue weighted by atomic mass is 32.1. The van der Waals surface area contributed by atoms with Gasteiger partial charge in [0, 0.05) is 34.3 Å². The van der Waals surface area contributed by atoms with Crippen LogP contribution in [-0.2, 0) is 13.0 Å². The second kappa shape index (κ2) is 7.93. The molecule has 0 amide bonds. The first-order valence-electron chi connectivity index (χ1n) is 9.56. The summed E-state index contributed by atoms with van der Waals surface area (Å²) >= 11 is 3.14. The average molecular weight is 431 g/mol. The molecule has 0 unspecified atom stereocenters. The minimum absolute atomic E-state index is 0.0967. The van der Waals surface area contributed by atoms with E-state index in [0.29, 0.717) is 18.4 Å². The van der Waals surface area contributed by atoms with Crippen LogP contribution in [0.2, 0.25) is 0 Å². The van der Waals surface area contributed by atoms with Crippen molar-refractivity contribution in [2.75, 3.05) is 0 Å². The SMILES string of the molecule is Cc1ccc(-c2csc(Cn3nc(Cc4nccs4)c4ccccc4c3=O)n2)cc1. The summed E-state index contributed by atoms with van der Waals surface area (Å²) in [5.74, 6) is 0. The van der Waals surface area contributed by atoms with Gasteiger partial charge < -0.3 is 0 Å². The smallest absolute Gasteiger partial charge is 0.267 e. The normalized spacial score (nSPS) is 11.2. The van der Waals surface area contributed by atoms with Crippen molar-refractivity contribution in [2.24, 2.45) is 0 Å². The third-order valence-corrected chi connectivity index (χ3v) is 6.54. The molecular formula is C23H18N4OS2. The van der Waals surface area contributed by atoms with Crippen LogP contribution in [0.1, 0.15) is 21.3 Å². The van der Waals surface area contributed by atoms with Crippen LogP contribution < -0.4 is 5.56 Å². The monoisotopic (exact) mass is 430 g/mol. The fourth-order valence-corrected chi connectivity index (χ4v) is 4.80. The van der Waals surface area contributed by atoms with Gasteiger partial charge in [-0.15, -0.1) is 22.7 Å². The van der Waals surface area contributed by atoms with E-state index in [0.717, 1.165) is 32.4 Å². The van der Waals surface area contributed by atoms with Crippen molar-refractivity contribution < 1.29 is 0 Å². The Hall–Kier alpha value is -3.16. The molecule has 0 radical (unpaired) electrons. The summed E-state index contributed by atoms with van der Waals surface area (Å²) in [7, 11) is 0. The van der Waals surface area contributed by atoms with Crippen molar-refractivity contribution in [3.05, 3.63) is 97.1 Å². The van der Waals surface area contributed by atoms with Gasteiger partial charge in [-0.25, -0.2) is 14.6 Å². The summed E-state index contributed by atoms with van der Waals surface area (Å²) in [6, 6.07) is 15.9. The zero-order valence-electron chi connectivity index (χ0n) is 16.3. The van der Waals surface area contributed by atoms with Gasteiger partial charge in [-0.3, -0.25) is 4.79 Å². The van der Waals surface area contributed by atoms with E-state index in [4.69, 9.17) is 10.1 Å². The fraction of sp³-hybridized carbons (Fsp3) is 0.130. The molecule has 0 spiro atoms. The molecule has 5 aromatic rings. The Morgan fingerprint density at radius 2 is 1.77 bits per heavy atom. The Labute approximate surface area is 181 Å². The first-order valence-corrected chi connectivity index (χ1v) is 11.3. The molecule has 0 N–H and O–H groups in total. The van der Waals surface area contributed by atoms with E-state index < -0.39 is 0 Å². The summed E-state index contributed by atoms with van der Waals surface area (Å²) < 4.78 is 1.53. The Balaban J connectivity index is 1.52. The van der Waals surface area contributed by atoms with E-state index >= 15 is 0 Å². The van der Waals surface area contributed by atoms with E-state index in [1.54, 1.807) is 28.9 Å². The van der Waals surface area contributed by atoms with Gasteiger partial charge in [-0.2, -0.15) is 5.10 Å². The molecule has 0 bridgehead atoms. The standard InChI is InChI=1S/C23H18N4OS2/c1-15-6-8-16(9-7-15)20-14-30-22(25-20)13-27-23(28)18-5-3-2-4-17(18)19(26-27)12-21-24-10-11-29-21/h2-11,14H,12-13H2,1H3. The van der Waals surface area contributed by atoms with Crippen molar-refractivity contribution in [3.63, 3.8) is 0 Å². The molecule has 3 aromatic heterocycles. The molecule has 0 aliphatic carbocycles. The lowest BCUT2D eigenvalue weighted by Crippen LogP contribution is -2.25. The maximum atomic E-state index is 13.1. The number of thiazole rings is 2. The number of nitrogens with zero attached hydrogens (tertiary/aromatic N) is 4. The lowest BCUT2D eigenvalue weighted by molar-refractivity contribution is 0.630. The van der Waals surface area contributed by atoms with Gasteiger partial charge in [0.15, 0.2) is 0 Å². The van der Waals surface area contributed by atoms with Crippen molar-refractivity contribution >= 4 is 33.4 Å².